The van der Waals surface area contributed by atoms with E-state index < -0.39 is 23.5 Å². The van der Waals surface area contributed by atoms with Crippen molar-refractivity contribution in [1.29, 1.82) is 0 Å². The van der Waals surface area contributed by atoms with E-state index in [0.717, 1.165) is 12.1 Å². The zero-order chi connectivity index (χ0) is 17.9. The summed E-state index contributed by atoms with van der Waals surface area (Å²) in [7, 11) is 1.17. The van der Waals surface area contributed by atoms with Crippen molar-refractivity contribution in [3.05, 3.63) is 68.7 Å². The molecular weight excluding hydrogens is 363 g/mol. The summed E-state index contributed by atoms with van der Waals surface area (Å²) in [6.07, 6.45) is 0. The Bertz CT molecular complexity index is 812. The molecule has 0 spiro atoms. The number of halogens is 4. The maximum Gasteiger partial charge on any atom is 0.339 e. The van der Waals surface area contributed by atoms with Gasteiger partial charge in [-0.05, 0) is 29.8 Å². The average molecular weight is 374 g/mol. The first-order chi connectivity index (χ1) is 11.3. The van der Waals surface area contributed by atoms with E-state index in [9.17, 15) is 18.4 Å². The number of hydrogen-bond acceptors (Lipinski definition) is 3. The first-order valence-electron chi connectivity index (χ1n) is 6.63. The summed E-state index contributed by atoms with van der Waals surface area (Å²) in [6, 6.07) is 5.81. The molecule has 126 valence electrons. The molecule has 0 aliphatic rings. The smallest absolute Gasteiger partial charge is 0.339 e. The Kier molecular flexibility index (Phi) is 5.75. The maximum absolute atomic E-state index is 13.1. The highest BCUT2D eigenvalue weighted by atomic mass is 35.5. The fourth-order valence-corrected chi connectivity index (χ4v) is 2.32. The van der Waals surface area contributed by atoms with Crippen LogP contribution < -0.4 is 5.32 Å². The van der Waals surface area contributed by atoms with Gasteiger partial charge in [0.1, 0.15) is 0 Å². The molecule has 0 aliphatic carbocycles. The predicted octanol–water partition coefficient (Wildman–Crippen LogP) is 3.99. The molecule has 0 heterocycles. The third kappa shape index (κ3) is 4.01. The van der Waals surface area contributed by atoms with Gasteiger partial charge in [-0.3, -0.25) is 4.79 Å². The average Bonchev–Trinajstić information content (AvgIpc) is 2.57. The first-order valence-corrected chi connectivity index (χ1v) is 7.38. The van der Waals surface area contributed by atoms with Crippen LogP contribution in [0.1, 0.15) is 26.3 Å². The van der Waals surface area contributed by atoms with Gasteiger partial charge in [-0.25, -0.2) is 13.6 Å². The van der Waals surface area contributed by atoms with Crippen LogP contribution in [-0.2, 0) is 11.3 Å². The number of ether oxygens (including phenoxy) is 1. The van der Waals surface area contributed by atoms with Gasteiger partial charge in [-0.15, -0.1) is 0 Å². The quantitative estimate of drug-likeness (QED) is 0.824. The minimum absolute atomic E-state index is 0.0116. The topological polar surface area (TPSA) is 55.4 Å². The van der Waals surface area contributed by atoms with Crippen LogP contribution in [0.3, 0.4) is 0 Å². The molecule has 2 aromatic rings. The van der Waals surface area contributed by atoms with Crippen LogP contribution in [0.4, 0.5) is 8.78 Å². The predicted molar refractivity (Wildman–Crippen MR) is 85.3 cm³/mol. The van der Waals surface area contributed by atoms with Gasteiger partial charge in [-0.2, -0.15) is 0 Å². The van der Waals surface area contributed by atoms with Gasteiger partial charge in [0.25, 0.3) is 5.91 Å². The number of amides is 1. The number of esters is 1. The molecule has 4 nitrogen and oxygen atoms in total. The standard InChI is InChI=1S/C16H11Cl2F2NO3/c1-24-16(23)10-5-9(6-11(17)14(10)18)15(22)21-7-8-2-3-12(19)13(20)4-8/h2-6H,7H2,1H3,(H,21,22). The van der Waals surface area contributed by atoms with E-state index in [1.54, 1.807) is 0 Å². The number of benzene rings is 2. The largest absolute Gasteiger partial charge is 0.465 e. The zero-order valence-electron chi connectivity index (χ0n) is 12.3. The van der Waals surface area contributed by atoms with Crippen molar-refractivity contribution in [2.24, 2.45) is 0 Å². The van der Waals surface area contributed by atoms with Crippen LogP contribution in [0, 0.1) is 11.6 Å². The Hall–Kier alpha value is -2.18. The van der Waals surface area contributed by atoms with Gasteiger partial charge >= 0.3 is 5.97 Å². The number of carbonyl (C=O) groups is 2. The molecule has 24 heavy (non-hydrogen) atoms. The number of nitrogens with one attached hydrogen (secondary N) is 1. The number of carbonyl (C=O) groups excluding carboxylic acids is 2. The molecule has 0 unspecified atom stereocenters. The van der Waals surface area contributed by atoms with E-state index in [4.69, 9.17) is 23.2 Å². The Morgan fingerprint density at radius 2 is 1.83 bits per heavy atom. The van der Waals surface area contributed by atoms with E-state index in [2.05, 4.69) is 10.1 Å². The molecule has 0 saturated heterocycles. The lowest BCUT2D eigenvalue weighted by Crippen LogP contribution is -2.23. The van der Waals surface area contributed by atoms with Crippen LogP contribution in [0.5, 0.6) is 0 Å². The first kappa shape index (κ1) is 18.2. The molecule has 0 bridgehead atoms. The van der Waals surface area contributed by atoms with E-state index in [1.807, 2.05) is 0 Å². The number of hydrogen-bond donors (Lipinski definition) is 1. The number of methoxy groups -OCH3 is 1. The number of rotatable bonds is 4. The van der Waals surface area contributed by atoms with Crippen LogP contribution in [0.25, 0.3) is 0 Å². The fraction of sp³-hybridized carbons (Fsp3) is 0.125. The molecule has 0 saturated carbocycles. The lowest BCUT2D eigenvalue weighted by atomic mass is 10.1. The molecular formula is C16H11Cl2F2NO3. The molecule has 0 radical (unpaired) electrons. The summed E-state index contributed by atoms with van der Waals surface area (Å²) < 4.78 is 30.6. The van der Waals surface area contributed by atoms with E-state index in [-0.39, 0.29) is 27.7 Å². The van der Waals surface area contributed by atoms with Gasteiger partial charge in [0, 0.05) is 12.1 Å². The van der Waals surface area contributed by atoms with Crippen molar-refractivity contribution in [3.63, 3.8) is 0 Å². The second-order valence-corrected chi connectivity index (χ2v) is 5.53. The van der Waals surface area contributed by atoms with Crippen molar-refractivity contribution < 1.29 is 23.1 Å². The molecule has 8 heteroatoms. The molecule has 1 N–H and O–H groups in total. The molecule has 0 fully saturated rings. The molecule has 1 amide bonds. The van der Waals surface area contributed by atoms with Gasteiger partial charge in [0.2, 0.25) is 0 Å². The minimum Gasteiger partial charge on any atom is -0.465 e. The summed E-state index contributed by atoms with van der Waals surface area (Å²) in [6.45, 7) is -0.0379. The molecule has 2 aromatic carbocycles. The van der Waals surface area contributed by atoms with Gasteiger partial charge in [0.15, 0.2) is 11.6 Å². The third-order valence-corrected chi connectivity index (χ3v) is 3.93. The Morgan fingerprint density at radius 1 is 1.12 bits per heavy atom. The highest BCUT2D eigenvalue weighted by Crippen LogP contribution is 2.28. The van der Waals surface area contributed by atoms with Crippen LogP contribution in [0.2, 0.25) is 10.0 Å². The van der Waals surface area contributed by atoms with E-state index in [1.165, 1.54) is 25.3 Å². The van der Waals surface area contributed by atoms with Crippen molar-refractivity contribution in [3.8, 4) is 0 Å². The maximum atomic E-state index is 13.1. The molecule has 0 atom stereocenters. The molecule has 0 aliphatic heterocycles. The monoisotopic (exact) mass is 373 g/mol. The van der Waals surface area contributed by atoms with Crippen molar-refractivity contribution in [2.45, 2.75) is 6.54 Å². The summed E-state index contributed by atoms with van der Waals surface area (Å²) >= 11 is 11.8. The second kappa shape index (κ2) is 7.59. The summed E-state index contributed by atoms with van der Waals surface area (Å²) in [5, 5.41) is 2.50. The van der Waals surface area contributed by atoms with Crippen molar-refractivity contribution >= 4 is 35.1 Å². The normalized spacial score (nSPS) is 10.4. The lowest BCUT2D eigenvalue weighted by Gasteiger charge is -2.09. The van der Waals surface area contributed by atoms with Gasteiger partial charge in [0.05, 0.1) is 22.7 Å². The van der Waals surface area contributed by atoms with Crippen LogP contribution >= 0.6 is 23.2 Å². The van der Waals surface area contributed by atoms with Crippen molar-refractivity contribution in [2.75, 3.05) is 7.11 Å². The summed E-state index contributed by atoms with van der Waals surface area (Å²) in [5.41, 5.74) is 0.396. The minimum atomic E-state index is -1.01. The Morgan fingerprint density at radius 3 is 2.46 bits per heavy atom. The zero-order valence-corrected chi connectivity index (χ0v) is 13.8. The van der Waals surface area contributed by atoms with Gasteiger partial charge in [-0.1, -0.05) is 29.3 Å². The third-order valence-electron chi connectivity index (χ3n) is 3.13. The van der Waals surface area contributed by atoms with E-state index in [0.29, 0.717) is 5.56 Å². The SMILES string of the molecule is COC(=O)c1cc(C(=O)NCc2ccc(F)c(F)c2)cc(Cl)c1Cl. The lowest BCUT2D eigenvalue weighted by molar-refractivity contribution is 0.0601. The molecule has 0 aromatic heterocycles. The Labute approximate surface area is 146 Å². The second-order valence-electron chi connectivity index (χ2n) is 4.74. The van der Waals surface area contributed by atoms with Crippen LogP contribution in [0.15, 0.2) is 30.3 Å². The highest BCUT2D eigenvalue weighted by molar-refractivity contribution is 6.44. The summed E-state index contributed by atoms with van der Waals surface area (Å²) in [5.74, 6) is -3.29. The Balaban J connectivity index is 2.19. The molecule has 2 rings (SSSR count). The highest BCUT2D eigenvalue weighted by Gasteiger charge is 2.18. The van der Waals surface area contributed by atoms with Crippen molar-refractivity contribution in [1.82, 2.24) is 5.32 Å². The van der Waals surface area contributed by atoms with E-state index >= 15 is 0 Å². The van der Waals surface area contributed by atoms with Crippen LogP contribution in [-0.4, -0.2) is 19.0 Å². The fourth-order valence-electron chi connectivity index (χ4n) is 1.91. The summed E-state index contributed by atoms with van der Waals surface area (Å²) in [4.78, 5) is 23.8. The van der Waals surface area contributed by atoms with Gasteiger partial charge < -0.3 is 10.1 Å².